The van der Waals surface area contributed by atoms with Gasteiger partial charge in [0.25, 0.3) is 0 Å². The van der Waals surface area contributed by atoms with Crippen molar-refractivity contribution in [2.24, 2.45) is 0 Å². The normalized spacial score (nSPS) is 20.2. The van der Waals surface area contributed by atoms with E-state index in [4.69, 9.17) is 0 Å². The molecule has 1 N–H and O–H groups in total. The molecule has 2 heterocycles. The van der Waals surface area contributed by atoms with E-state index in [9.17, 15) is 4.79 Å². The molecule has 106 valence electrons. The Kier molecular flexibility index (Phi) is 4.30. The fourth-order valence-electron chi connectivity index (χ4n) is 2.96. The van der Waals surface area contributed by atoms with Crippen LogP contribution in [0.4, 0.5) is 0 Å². The SMILES string of the molecule is CCNC(C)CC(=O)N1CCn2c(C)ccc2C1C. The van der Waals surface area contributed by atoms with E-state index in [1.54, 1.807) is 0 Å². The van der Waals surface area contributed by atoms with Gasteiger partial charge in [-0.1, -0.05) is 6.92 Å². The first-order chi connectivity index (χ1) is 9.04. The number of nitrogens with zero attached hydrogens (tertiary/aromatic N) is 2. The van der Waals surface area contributed by atoms with Gasteiger partial charge < -0.3 is 14.8 Å². The van der Waals surface area contributed by atoms with Crippen molar-refractivity contribution in [1.82, 2.24) is 14.8 Å². The first kappa shape index (κ1) is 14.1. The minimum Gasteiger partial charge on any atom is -0.345 e. The highest BCUT2D eigenvalue weighted by atomic mass is 16.2. The Morgan fingerprint density at radius 3 is 2.89 bits per heavy atom. The first-order valence-corrected chi connectivity index (χ1v) is 7.23. The third-order valence-electron chi connectivity index (χ3n) is 4.05. The van der Waals surface area contributed by atoms with Crippen molar-refractivity contribution in [3.05, 3.63) is 23.5 Å². The van der Waals surface area contributed by atoms with Crippen LogP contribution in [-0.2, 0) is 11.3 Å². The predicted octanol–water partition coefficient (Wildman–Crippen LogP) is 2.09. The van der Waals surface area contributed by atoms with Crippen LogP contribution >= 0.6 is 0 Å². The van der Waals surface area contributed by atoms with E-state index in [0.29, 0.717) is 6.42 Å². The summed E-state index contributed by atoms with van der Waals surface area (Å²) >= 11 is 0. The minimum absolute atomic E-state index is 0.184. The highest BCUT2D eigenvalue weighted by Gasteiger charge is 2.28. The maximum atomic E-state index is 12.4. The molecule has 0 saturated carbocycles. The lowest BCUT2D eigenvalue weighted by Crippen LogP contribution is -2.43. The van der Waals surface area contributed by atoms with E-state index in [1.165, 1.54) is 11.4 Å². The molecule has 1 aromatic heterocycles. The topological polar surface area (TPSA) is 37.3 Å². The summed E-state index contributed by atoms with van der Waals surface area (Å²) in [5.74, 6) is 0.256. The van der Waals surface area contributed by atoms with Crippen molar-refractivity contribution in [1.29, 1.82) is 0 Å². The molecular weight excluding hydrogens is 238 g/mol. The lowest BCUT2D eigenvalue weighted by Gasteiger charge is -2.36. The van der Waals surface area contributed by atoms with Crippen LogP contribution in [0.5, 0.6) is 0 Å². The maximum absolute atomic E-state index is 12.4. The Bertz CT molecular complexity index is 452. The maximum Gasteiger partial charge on any atom is 0.224 e. The monoisotopic (exact) mass is 263 g/mol. The summed E-state index contributed by atoms with van der Waals surface area (Å²) in [5.41, 5.74) is 2.54. The molecule has 4 nitrogen and oxygen atoms in total. The molecule has 0 aromatic carbocycles. The van der Waals surface area contributed by atoms with E-state index in [0.717, 1.165) is 19.6 Å². The van der Waals surface area contributed by atoms with Gasteiger partial charge in [0.05, 0.1) is 6.04 Å². The van der Waals surface area contributed by atoms with Crippen molar-refractivity contribution in [2.75, 3.05) is 13.1 Å². The Morgan fingerprint density at radius 1 is 1.47 bits per heavy atom. The summed E-state index contributed by atoms with van der Waals surface area (Å²) in [6, 6.07) is 4.72. The molecule has 0 aliphatic carbocycles. The largest absolute Gasteiger partial charge is 0.345 e. The number of rotatable bonds is 4. The highest BCUT2D eigenvalue weighted by Crippen LogP contribution is 2.27. The lowest BCUT2D eigenvalue weighted by atomic mass is 10.1. The van der Waals surface area contributed by atoms with Gasteiger partial charge in [-0.2, -0.15) is 0 Å². The van der Waals surface area contributed by atoms with Gasteiger partial charge >= 0.3 is 0 Å². The summed E-state index contributed by atoms with van der Waals surface area (Å²) in [6.07, 6.45) is 0.581. The second-order valence-electron chi connectivity index (χ2n) is 5.48. The van der Waals surface area contributed by atoms with Gasteiger partial charge in [0, 0.05) is 36.9 Å². The molecular formula is C15H25N3O. The van der Waals surface area contributed by atoms with Crippen molar-refractivity contribution < 1.29 is 4.79 Å². The fraction of sp³-hybridized carbons (Fsp3) is 0.667. The van der Waals surface area contributed by atoms with E-state index in [2.05, 4.69) is 49.7 Å². The Balaban J connectivity index is 2.05. The van der Waals surface area contributed by atoms with Gasteiger partial charge in [-0.3, -0.25) is 4.79 Å². The van der Waals surface area contributed by atoms with Gasteiger partial charge in [0.2, 0.25) is 5.91 Å². The van der Waals surface area contributed by atoms with Crippen molar-refractivity contribution >= 4 is 5.91 Å². The zero-order valence-electron chi connectivity index (χ0n) is 12.4. The quantitative estimate of drug-likeness (QED) is 0.903. The predicted molar refractivity (Wildman–Crippen MR) is 77.1 cm³/mol. The van der Waals surface area contributed by atoms with Crippen molar-refractivity contribution in [2.45, 2.75) is 52.7 Å². The number of aryl methyl sites for hydroxylation is 1. The number of hydrogen-bond acceptors (Lipinski definition) is 2. The smallest absolute Gasteiger partial charge is 0.224 e. The number of carbonyl (C=O) groups is 1. The summed E-state index contributed by atoms with van der Waals surface area (Å²) in [6.45, 7) is 11.0. The van der Waals surface area contributed by atoms with Crippen molar-refractivity contribution in [3.63, 3.8) is 0 Å². The number of nitrogens with one attached hydrogen (secondary N) is 1. The molecule has 19 heavy (non-hydrogen) atoms. The van der Waals surface area contributed by atoms with Crippen LogP contribution in [0.3, 0.4) is 0 Å². The second-order valence-corrected chi connectivity index (χ2v) is 5.48. The number of fused-ring (bicyclic) bond motifs is 1. The molecule has 1 aliphatic rings. The zero-order valence-corrected chi connectivity index (χ0v) is 12.4. The molecule has 0 bridgehead atoms. The van der Waals surface area contributed by atoms with Gasteiger partial charge in [-0.15, -0.1) is 0 Å². The van der Waals surface area contributed by atoms with Crippen molar-refractivity contribution in [3.8, 4) is 0 Å². The molecule has 1 aromatic rings. The van der Waals surface area contributed by atoms with Crippen LogP contribution in [0.2, 0.25) is 0 Å². The van der Waals surface area contributed by atoms with E-state index < -0.39 is 0 Å². The van der Waals surface area contributed by atoms with Gasteiger partial charge in [-0.05, 0) is 39.4 Å². The van der Waals surface area contributed by atoms with Crippen LogP contribution in [-0.4, -0.2) is 34.5 Å². The standard InChI is InChI=1S/C15H25N3O/c1-5-16-11(2)10-15(19)18-9-8-17-12(3)6-7-14(17)13(18)4/h6-7,11,13,16H,5,8-10H2,1-4H3. The van der Waals surface area contributed by atoms with Gasteiger partial charge in [0.15, 0.2) is 0 Å². The molecule has 1 amide bonds. The minimum atomic E-state index is 0.184. The van der Waals surface area contributed by atoms with Crippen LogP contribution < -0.4 is 5.32 Å². The molecule has 2 atom stereocenters. The molecule has 2 unspecified atom stereocenters. The molecule has 0 fully saturated rings. The van der Waals surface area contributed by atoms with Crippen LogP contribution in [0.25, 0.3) is 0 Å². The molecule has 0 spiro atoms. The molecule has 0 saturated heterocycles. The highest BCUT2D eigenvalue weighted by molar-refractivity contribution is 5.77. The van der Waals surface area contributed by atoms with Crippen LogP contribution in [0.1, 0.15) is 44.6 Å². The molecule has 2 rings (SSSR count). The van der Waals surface area contributed by atoms with Crippen LogP contribution in [0.15, 0.2) is 12.1 Å². The molecule has 4 heteroatoms. The van der Waals surface area contributed by atoms with Gasteiger partial charge in [-0.25, -0.2) is 0 Å². The summed E-state index contributed by atoms with van der Waals surface area (Å²) in [7, 11) is 0. The third kappa shape index (κ3) is 2.84. The summed E-state index contributed by atoms with van der Waals surface area (Å²) < 4.78 is 2.32. The van der Waals surface area contributed by atoms with Crippen LogP contribution in [0, 0.1) is 6.92 Å². The summed E-state index contributed by atoms with van der Waals surface area (Å²) in [4.78, 5) is 14.4. The summed E-state index contributed by atoms with van der Waals surface area (Å²) in [5, 5.41) is 3.30. The van der Waals surface area contributed by atoms with E-state index in [-0.39, 0.29) is 18.0 Å². The molecule has 1 aliphatic heterocycles. The number of carbonyl (C=O) groups excluding carboxylic acids is 1. The van der Waals surface area contributed by atoms with E-state index in [1.807, 2.05) is 4.90 Å². The fourth-order valence-corrected chi connectivity index (χ4v) is 2.96. The zero-order chi connectivity index (χ0) is 14.0. The Labute approximate surface area is 115 Å². The molecule has 0 radical (unpaired) electrons. The second kappa shape index (κ2) is 5.78. The Morgan fingerprint density at radius 2 is 2.21 bits per heavy atom. The average molecular weight is 263 g/mol. The Hall–Kier alpha value is -1.29. The number of hydrogen-bond donors (Lipinski definition) is 1. The third-order valence-corrected chi connectivity index (χ3v) is 4.05. The van der Waals surface area contributed by atoms with Gasteiger partial charge in [0.1, 0.15) is 0 Å². The number of aromatic nitrogens is 1. The van der Waals surface area contributed by atoms with E-state index >= 15 is 0 Å². The lowest BCUT2D eigenvalue weighted by molar-refractivity contribution is -0.134. The average Bonchev–Trinajstić information content (AvgIpc) is 2.72. The first-order valence-electron chi connectivity index (χ1n) is 7.23. The number of amides is 1.